The molecule has 5 unspecified atom stereocenters. The minimum absolute atomic E-state index is 0.0461. The van der Waals surface area contributed by atoms with Gasteiger partial charge in [0.25, 0.3) is 5.91 Å². The van der Waals surface area contributed by atoms with E-state index in [4.69, 9.17) is 0 Å². The number of benzene rings is 1. The van der Waals surface area contributed by atoms with Gasteiger partial charge in [-0.25, -0.2) is 0 Å². The summed E-state index contributed by atoms with van der Waals surface area (Å²) >= 11 is 0. The largest absolute Gasteiger partial charge is 0.573 e. The maximum absolute atomic E-state index is 13.7. The summed E-state index contributed by atoms with van der Waals surface area (Å²) in [5.74, 6) is -2.05. The predicted octanol–water partition coefficient (Wildman–Crippen LogP) is 3.30. The second-order valence-electron chi connectivity index (χ2n) is 10.6. The van der Waals surface area contributed by atoms with Crippen LogP contribution in [0.25, 0.3) is 10.9 Å². The number of aromatic amines is 1. The molecule has 0 radical (unpaired) electrons. The Morgan fingerprint density at radius 1 is 1.21 bits per heavy atom. The molecule has 9 nitrogen and oxygen atoms in total. The van der Waals surface area contributed by atoms with Gasteiger partial charge in [-0.15, -0.1) is 13.2 Å². The number of hydrogen-bond donors (Lipinski definition) is 3. The summed E-state index contributed by atoms with van der Waals surface area (Å²) in [5.41, 5.74) is 0.341. The van der Waals surface area contributed by atoms with Crippen LogP contribution in [0.15, 0.2) is 24.3 Å². The third kappa shape index (κ3) is 5.46. The first-order chi connectivity index (χ1) is 18.6. The summed E-state index contributed by atoms with van der Waals surface area (Å²) in [4.78, 5) is 56.6. The van der Waals surface area contributed by atoms with Gasteiger partial charge in [-0.2, -0.15) is 0 Å². The lowest BCUT2D eigenvalue weighted by Crippen LogP contribution is -2.53. The molecule has 1 saturated carbocycles. The Balaban J connectivity index is 1.39. The molecule has 5 rings (SSSR count). The minimum atomic E-state index is -4.89. The highest BCUT2D eigenvalue weighted by Crippen LogP contribution is 2.43. The molecular formula is C27H31F3N4O5. The Kier molecular flexibility index (Phi) is 7.30. The predicted molar refractivity (Wildman–Crippen MR) is 134 cm³/mol. The topological polar surface area (TPSA) is 121 Å². The highest BCUT2D eigenvalue weighted by molar-refractivity contribution is 6.02. The Morgan fingerprint density at radius 2 is 2.00 bits per heavy atom. The molecule has 1 aromatic heterocycles. The van der Waals surface area contributed by atoms with Gasteiger partial charge >= 0.3 is 6.36 Å². The maximum Gasteiger partial charge on any atom is 0.573 e. The molecule has 2 aliphatic heterocycles. The van der Waals surface area contributed by atoms with Crippen LogP contribution >= 0.6 is 0 Å². The number of rotatable bonds is 8. The van der Waals surface area contributed by atoms with Crippen molar-refractivity contribution in [3.05, 3.63) is 30.0 Å². The lowest BCUT2D eigenvalue weighted by molar-refractivity contribution is -0.274. The van der Waals surface area contributed by atoms with Crippen LogP contribution in [-0.4, -0.2) is 64.9 Å². The molecule has 3 N–H and O–H groups in total. The molecule has 3 aliphatic rings. The first-order valence-corrected chi connectivity index (χ1v) is 13.3. The van der Waals surface area contributed by atoms with Crippen molar-refractivity contribution in [3.63, 3.8) is 0 Å². The quantitative estimate of drug-likeness (QED) is 0.468. The van der Waals surface area contributed by atoms with Crippen LogP contribution in [0.3, 0.4) is 0 Å². The number of halogens is 3. The Bertz CT molecular complexity index is 1290. The molecule has 210 valence electrons. The van der Waals surface area contributed by atoms with Gasteiger partial charge in [0.1, 0.15) is 17.5 Å². The van der Waals surface area contributed by atoms with Crippen LogP contribution in [-0.2, 0) is 14.4 Å². The molecule has 2 saturated heterocycles. The number of H-pyrrole nitrogens is 1. The second-order valence-corrected chi connectivity index (χ2v) is 10.6. The van der Waals surface area contributed by atoms with Crippen LogP contribution in [0.1, 0.15) is 55.9 Å². The summed E-state index contributed by atoms with van der Waals surface area (Å²) in [5, 5.41) is 5.70. The van der Waals surface area contributed by atoms with Crippen molar-refractivity contribution in [2.45, 2.75) is 63.9 Å². The van der Waals surface area contributed by atoms with E-state index in [1.165, 1.54) is 23.1 Å². The number of aromatic nitrogens is 1. The molecule has 3 amide bonds. The number of ether oxygens (including phenoxy) is 1. The van der Waals surface area contributed by atoms with Crippen LogP contribution in [0.5, 0.6) is 5.75 Å². The van der Waals surface area contributed by atoms with Gasteiger partial charge in [-0.3, -0.25) is 19.2 Å². The highest BCUT2D eigenvalue weighted by atomic mass is 19.4. The van der Waals surface area contributed by atoms with Gasteiger partial charge < -0.3 is 25.3 Å². The molecule has 39 heavy (non-hydrogen) atoms. The van der Waals surface area contributed by atoms with Crippen LogP contribution in [0.2, 0.25) is 0 Å². The normalized spacial score (nSPS) is 25.4. The van der Waals surface area contributed by atoms with Crippen LogP contribution in [0, 0.1) is 17.8 Å². The zero-order chi connectivity index (χ0) is 27.9. The molecule has 3 fully saturated rings. The number of nitrogens with zero attached hydrogens (tertiary/aromatic N) is 1. The molecule has 1 aromatic carbocycles. The van der Waals surface area contributed by atoms with Gasteiger partial charge in [0.15, 0.2) is 5.78 Å². The Morgan fingerprint density at radius 3 is 2.69 bits per heavy atom. The van der Waals surface area contributed by atoms with E-state index >= 15 is 0 Å². The van der Waals surface area contributed by atoms with E-state index in [2.05, 4.69) is 20.4 Å². The number of ketones is 1. The smallest absolute Gasteiger partial charge is 0.405 e. The number of Topliss-reactive ketones (excluding diaryl/α,β-unsaturated/α-hetero) is 1. The average Bonchev–Trinajstić information content (AvgIpc) is 3.66. The second kappa shape index (κ2) is 10.5. The zero-order valence-electron chi connectivity index (χ0n) is 21.5. The van der Waals surface area contributed by atoms with Gasteiger partial charge in [-0.1, -0.05) is 19.4 Å². The number of amides is 3. The SMILES string of the molecule is CCC(=O)C(CC1CCNC1=O)NC(=O)C1C2CCCC2CN1C(=O)c1cc2c(OC(F)(F)F)cccc2[nH]1. The zero-order valence-corrected chi connectivity index (χ0v) is 21.5. The van der Waals surface area contributed by atoms with E-state index in [0.717, 1.165) is 19.3 Å². The van der Waals surface area contributed by atoms with E-state index in [1.54, 1.807) is 13.0 Å². The third-order valence-electron chi connectivity index (χ3n) is 8.24. The van der Waals surface area contributed by atoms with Crippen molar-refractivity contribution in [3.8, 4) is 5.75 Å². The van der Waals surface area contributed by atoms with Crippen molar-refractivity contribution in [2.75, 3.05) is 13.1 Å². The van der Waals surface area contributed by atoms with E-state index in [0.29, 0.717) is 25.0 Å². The van der Waals surface area contributed by atoms with Gasteiger partial charge in [0.2, 0.25) is 11.8 Å². The highest BCUT2D eigenvalue weighted by Gasteiger charge is 2.50. The molecule has 0 bridgehead atoms. The van der Waals surface area contributed by atoms with E-state index < -0.39 is 36.0 Å². The van der Waals surface area contributed by atoms with Crippen LogP contribution in [0.4, 0.5) is 13.2 Å². The van der Waals surface area contributed by atoms with Crippen molar-refractivity contribution >= 4 is 34.4 Å². The number of likely N-dealkylation sites (tertiary alicyclic amines) is 1. The molecule has 5 atom stereocenters. The number of nitrogens with one attached hydrogen (secondary N) is 3. The fourth-order valence-corrected chi connectivity index (χ4v) is 6.39. The maximum atomic E-state index is 13.7. The number of alkyl halides is 3. The average molecular weight is 549 g/mol. The number of carbonyl (C=O) groups excluding carboxylic acids is 4. The van der Waals surface area contributed by atoms with Gasteiger partial charge in [0.05, 0.1) is 6.04 Å². The van der Waals surface area contributed by atoms with Crippen molar-refractivity contribution in [1.29, 1.82) is 0 Å². The van der Waals surface area contributed by atoms with Gasteiger partial charge in [-0.05, 0) is 55.7 Å². The van der Waals surface area contributed by atoms with E-state index in [-0.39, 0.29) is 53.4 Å². The lowest BCUT2D eigenvalue weighted by atomic mass is 9.91. The van der Waals surface area contributed by atoms with Gasteiger partial charge in [0, 0.05) is 36.3 Å². The summed E-state index contributed by atoms with van der Waals surface area (Å²) in [6.07, 6.45) is -1.39. The summed E-state index contributed by atoms with van der Waals surface area (Å²) < 4.78 is 42.8. The molecule has 1 aliphatic carbocycles. The monoisotopic (exact) mass is 548 g/mol. The molecule has 2 aromatic rings. The number of fused-ring (bicyclic) bond motifs is 2. The van der Waals surface area contributed by atoms with E-state index in [1.807, 2.05) is 0 Å². The first kappa shape index (κ1) is 27.0. The number of carbonyl (C=O) groups is 4. The van der Waals surface area contributed by atoms with Crippen molar-refractivity contribution in [2.24, 2.45) is 17.8 Å². The first-order valence-electron chi connectivity index (χ1n) is 13.3. The fraction of sp³-hybridized carbons (Fsp3) is 0.556. The Labute approximate surface area is 222 Å². The van der Waals surface area contributed by atoms with Crippen molar-refractivity contribution < 1.29 is 37.1 Å². The molecular weight excluding hydrogens is 517 g/mol. The molecule has 0 spiro atoms. The lowest BCUT2D eigenvalue weighted by Gasteiger charge is -2.29. The van der Waals surface area contributed by atoms with Crippen LogP contribution < -0.4 is 15.4 Å². The van der Waals surface area contributed by atoms with E-state index in [9.17, 15) is 32.3 Å². The third-order valence-corrected chi connectivity index (χ3v) is 8.24. The van der Waals surface area contributed by atoms with Crippen molar-refractivity contribution in [1.82, 2.24) is 20.5 Å². The fourth-order valence-electron chi connectivity index (χ4n) is 6.39. The number of hydrogen-bond acceptors (Lipinski definition) is 5. The minimum Gasteiger partial charge on any atom is -0.405 e. The Hall–Kier alpha value is -3.57. The molecule has 12 heteroatoms. The summed E-state index contributed by atoms with van der Waals surface area (Å²) in [6.45, 7) is 2.56. The summed E-state index contributed by atoms with van der Waals surface area (Å²) in [7, 11) is 0. The molecule has 3 heterocycles. The summed E-state index contributed by atoms with van der Waals surface area (Å²) in [6, 6.07) is 3.74. The standard InChI is InChI=1S/C27H31F3N4O5/c1-2-21(35)19(11-14-9-10-31-24(14)36)33-25(37)23-16-6-3-5-15(16)13-34(23)26(38)20-12-17-18(32-20)7-4-8-22(17)39-27(28,29)30/h4,7-8,12,14-16,19,23,32H,2-3,5-6,9-11,13H2,1H3,(H,31,36)(H,33,37).